The lowest BCUT2D eigenvalue weighted by Gasteiger charge is -2.33. The number of hydrogen-bond acceptors (Lipinski definition) is 6. The predicted molar refractivity (Wildman–Crippen MR) is 451 cm³/mol. The number of anilines is 6. The van der Waals surface area contributed by atoms with E-state index in [9.17, 15) is 0 Å². The molecule has 0 radical (unpaired) electrons. The third-order valence-corrected chi connectivity index (χ3v) is 23.1. The van der Waals surface area contributed by atoms with Crippen LogP contribution in [0.4, 0.5) is 34.1 Å². The molecule has 0 N–H and O–H groups in total. The second-order valence-corrected chi connectivity index (χ2v) is 28.9. The molecule has 4 heterocycles. The first-order valence-corrected chi connectivity index (χ1v) is 37.6. The SMILES string of the molecule is c1ccc(-c2cccc(N(c3ccc4c(c3)oc3ccccc34)c3ccc4oc5cc(C6(c7ccccc7)c7ccccc7-c7ccccc76)ccc5c4c3)c2)cc1.c1ccc(N(c2ccc3c(c2)oc2ccccc23)c2ccc3oc4cc(C5(c6ccccc6)c6ccccc6-c6ccccc65)ccc4c3c2)cc1. The van der Waals surface area contributed by atoms with Crippen molar-refractivity contribution in [2.45, 2.75) is 10.8 Å². The van der Waals surface area contributed by atoms with Crippen LogP contribution in [0.3, 0.4) is 0 Å². The Morgan fingerprint density at radius 1 is 0.164 bits per heavy atom. The second-order valence-electron chi connectivity index (χ2n) is 28.9. The fourth-order valence-corrected chi connectivity index (χ4v) is 18.3. The molecule has 0 amide bonds. The van der Waals surface area contributed by atoms with E-state index in [1.165, 1.54) is 72.3 Å². The summed E-state index contributed by atoms with van der Waals surface area (Å²) in [5, 5.41) is 8.76. The quantitative estimate of drug-likeness (QED) is 0.129. The Morgan fingerprint density at radius 3 is 0.918 bits per heavy atom. The van der Waals surface area contributed by atoms with Gasteiger partial charge in [-0.05, 0) is 187 Å². The van der Waals surface area contributed by atoms with Crippen LogP contribution in [0.1, 0.15) is 44.5 Å². The maximum absolute atomic E-state index is 6.79. The van der Waals surface area contributed by atoms with Crippen LogP contribution in [0.15, 0.2) is 418 Å². The smallest absolute Gasteiger partial charge is 0.137 e. The van der Waals surface area contributed by atoms with Crippen LogP contribution in [0.5, 0.6) is 0 Å². The maximum atomic E-state index is 6.79. The van der Waals surface area contributed by atoms with Crippen molar-refractivity contribution in [3.8, 4) is 33.4 Å². The number of furan rings is 4. The van der Waals surface area contributed by atoms with E-state index >= 15 is 0 Å². The molecule has 0 atom stereocenters. The lowest BCUT2D eigenvalue weighted by Crippen LogP contribution is -2.28. The highest BCUT2D eigenvalue weighted by Crippen LogP contribution is 2.59. The number of rotatable bonds is 11. The van der Waals surface area contributed by atoms with Crippen LogP contribution in [0.25, 0.3) is 121 Å². The van der Waals surface area contributed by atoms with Gasteiger partial charge in [-0.3, -0.25) is 0 Å². The summed E-state index contributed by atoms with van der Waals surface area (Å²) in [6.45, 7) is 0. The highest BCUT2D eigenvalue weighted by atomic mass is 16.3. The molecule has 6 heteroatoms. The molecule has 0 saturated carbocycles. The average molecular weight is 1410 g/mol. The lowest BCUT2D eigenvalue weighted by atomic mass is 9.67. The summed E-state index contributed by atoms with van der Waals surface area (Å²) in [5.41, 5.74) is 29.6. The molecule has 0 fully saturated rings. The van der Waals surface area contributed by atoms with Gasteiger partial charge in [0.15, 0.2) is 0 Å². The fourth-order valence-electron chi connectivity index (χ4n) is 18.3. The Hall–Kier alpha value is -14.5. The van der Waals surface area contributed by atoms with Gasteiger partial charge in [-0.15, -0.1) is 0 Å². The van der Waals surface area contributed by atoms with E-state index in [2.05, 4.69) is 386 Å². The number of benzene rings is 17. The predicted octanol–water partition coefficient (Wildman–Crippen LogP) is 28.3. The van der Waals surface area contributed by atoms with Crippen LogP contribution in [-0.2, 0) is 10.8 Å². The van der Waals surface area contributed by atoms with Crippen molar-refractivity contribution in [2.75, 3.05) is 9.80 Å². The van der Waals surface area contributed by atoms with Gasteiger partial charge in [-0.1, -0.05) is 279 Å². The molecular formula is C104H66N2O4. The fraction of sp³-hybridized carbons (Fsp3) is 0.0192. The lowest BCUT2D eigenvalue weighted by molar-refractivity contribution is 0.665. The van der Waals surface area contributed by atoms with E-state index < -0.39 is 10.8 Å². The van der Waals surface area contributed by atoms with Gasteiger partial charge in [-0.2, -0.15) is 0 Å². The highest BCUT2D eigenvalue weighted by molar-refractivity contribution is 6.11. The third-order valence-electron chi connectivity index (χ3n) is 23.1. The normalized spacial score (nSPS) is 13.1. The van der Waals surface area contributed by atoms with Crippen LogP contribution in [0.2, 0.25) is 0 Å². The number of hydrogen-bond donors (Lipinski definition) is 0. The van der Waals surface area contributed by atoms with Gasteiger partial charge in [-0.25, -0.2) is 0 Å². The van der Waals surface area contributed by atoms with Gasteiger partial charge in [0.05, 0.1) is 10.8 Å². The second kappa shape index (κ2) is 25.1. The van der Waals surface area contributed by atoms with Crippen molar-refractivity contribution in [2.24, 2.45) is 0 Å². The van der Waals surface area contributed by atoms with Gasteiger partial charge >= 0.3 is 0 Å². The van der Waals surface area contributed by atoms with Crippen LogP contribution in [0, 0.1) is 0 Å². The first kappa shape index (κ1) is 62.9. The molecule has 0 spiro atoms. The zero-order valence-corrected chi connectivity index (χ0v) is 59.6. The minimum absolute atomic E-state index is 0.480. The molecule has 17 aromatic carbocycles. The molecule has 516 valence electrons. The van der Waals surface area contributed by atoms with Crippen LogP contribution in [-0.4, -0.2) is 0 Å². The van der Waals surface area contributed by atoms with E-state index in [1.807, 2.05) is 24.3 Å². The van der Waals surface area contributed by atoms with Gasteiger partial charge in [0.1, 0.15) is 44.7 Å². The van der Waals surface area contributed by atoms with Crippen LogP contribution >= 0.6 is 0 Å². The Labute approximate surface area is 634 Å². The zero-order valence-electron chi connectivity index (χ0n) is 59.6. The molecule has 23 rings (SSSR count). The van der Waals surface area contributed by atoms with E-state index in [0.717, 1.165) is 127 Å². The summed E-state index contributed by atoms with van der Waals surface area (Å²) in [5.74, 6) is 0. The van der Waals surface area contributed by atoms with Gasteiger partial charge in [0.25, 0.3) is 0 Å². The van der Waals surface area contributed by atoms with Crippen molar-refractivity contribution in [1.29, 1.82) is 0 Å². The van der Waals surface area contributed by atoms with E-state index in [0.29, 0.717) is 0 Å². The Bertz CT molecular complexity index is 7100. The molecule has 0 saturated heterocycles. The van der Waals surface area contributed by atoms with Crippen molar-refractivity contribution in [3.05, 3.63) is 445 Å². The molecule has 6 nitrogen and oxygen atoms in total. The molecule has 2 aliphatic carbocycles. The van der Waals surface area contributed by atoms with Crippen molar-refractivity contribution < 1.29 is 17.7 Å². The standard InChI is InChI=1S/C55H35NO2.C49H31NO2/c1-3-14-36(15-4-1)37-16-13-19-40(32-37)56(42-27-30-46-45-22-9-12-25-51(45)57-54(46)35-42)41-28-31-52-48(34-41)47-29-26-39(33-53(47)58-52)55(38-17-5-2-6-18-38)49-23-10-7-20-43(49)44-21-8-11-24-50(44)55;1-3-13-32(14-4-1)49(43-20-10-7-17-37(43)38-18-8-11-21-44(38)49)33-23-26-41-42-30-35(25-28-46(42)52-47(41)29-33)50(34-15-5-2-6-16-34)36-24-27-40-39-19-9-12-22-45(39)51-48(40)31-36/h1-35H;1-31H. The van der Waals surface area contributed by atoms with Crippen molar-refractivity contribution in [3.63, 3.8) is 0 Å². The summed E-state index contributed by atoms with van der Waals surface area (Å²) in [6, 6.07) is 143. The van der Waals surface area contributed by atoms with Crippen molar-refractivity contribution in [1.82, 2.24) is 0 Å². The Balaban J connectivity index is 0.000000136. The largest absolute Gasteiger partial charge is 0.456 e. The molecule has 4 aromatic heterocycles. The number of nitrogens with zero attached hydrogens (tertiary/aromatic N) is 2. The minimum atomic E-state index is -0.497. The summed E-state index contributed by atoms with van der Waals surface area (Å²) in [4.78, 5) is 4.61. The molecule has 110 heavy (non-hydrogen) atoms. The molecule has 0 bridgehead atoms. The zero-order chi connectivity index (χ0) is 72.4. The molecule has 0 unspecified atom stereocenters. The highest BCUT2D eigenvalue weighted by Gasteiger charge is 2.48. The van der Waals surface area contributed by atoms with Gasteiger partial charge in [0.2, 0.25) is 0 Å². The number of para-hydroxylation sites is 3. The molecule has 21 aromatic rings. The number of fused-ring (bicyclic) bond motifs is 18. The molecule has 0 aliphatic heterocycles. The minimum Gasteiger partial charge on any atom is -0.456 e. The summed E-state index contributed by atoms with van der Waals surface area (Å²) >= 11 is 0. The summed E-state index contributed by atoms with van der Waals surface area (Å²) in [6.07, 6.45) is 0. The van der Waals surface area contributed by atoms with Gasteiger partial charge < -0.3 is 27.5 Å². The van der Waals surface area contributed by atoms with E-state index in [-0.39, 0.29) is 0 Å². The van der Waals surface area contributed by atoms with E-state index in [1.54, 1.807) is 0 Å². The Morgan fingerprint density at radius 2 is 0.464 bits per heavy atom. The molecule has 2 aliphatic rings. The maximum Gasteiger partial charge on any atom is 0.137 e. The summed E-state index contributed by atoms with van der Waals surface area (Å²) in [7, 11) is 0. The van der Waals surface area contributed by atoms with Crippen molar-refractivity contribution >= 4 is 122 Å². The van der Waals surface area contributed by atoms with Crippen LogP contribution < -0.4 is 9.80 Å². The van der Waals surface area contributed by atoms with Gasteiger partial charge in [0, 0.05) is 89.3 Å². The molecular weight excluding hydrogens is 1340 g/mol. The average Bonchev–Trinajstić information content (AvgIpc) is 1.53. The third kappa shape index (κ3) is 9.69. The van der Waals surface area contributed by atoms with E-state index in [4.69, 9.17) is 17.7 Å². The first-order chi connectivity index (χ1) is 54.5. The Kier molecular flexibility index (Phi) is 14.3. The summed E-state index contributed by atoms with van der Waals surface area (Å²) < 4.78 is 26.2. The first-order valence-electron chi connectivity index (χ1n) is 37.6. The monoisotopic (exact) mass is 1410 g/mol. The topological polar surface area (TPSA) is 59.0 Å².